The van der Waals surface area contributed by atoms with Gasteiger partial charge in [-0.3, -0.25) is 0 Å². The smallest absolute Gasteiger partial charge is 0.0454 e. The SMILES string of the molecule is CC(NC1CCSC1)c1cc(Cl)ccc1Cl. The second-order valence-electron chi connectivity index (χ2n) is 4.11. The Morgan fingerprint density at radius 2 is 2.25 bits per heavy atom. The summed E-state index contributed by atoms with van der Waals surface area (Å²) in [7, 11) is 0. The lowest BCUT2D eigenvalue weighted by Gasteiger charge is -2.20. The molecule has 0 aromatic heterocycles. The molecule has 0 aliphatic carbocycles. The highest BCUT2D eigenvalue weighted by Gasteiger charge is 2.19. The van der Waals surface area contributed by atoms with Crippen LogP contribution in [-0.2, 0) is 0 Å². The van der Waals surface area contributed by atoms with Gasteiger partial charge in [-0.1, -0.05) is 23.2 Å². The molecule has 0 bridgehead atoms. The fourth-order valence-corrected chi connectivity index (χ4v) is 3.58. The molecule has 1 aromatic rings. The number of nitrogens with one attached hydrogen (secondary N) is 1. The summed E-state index contributed by atoms with van der Waals surface area (Å²) >= 11 is 14.2. The number of benzene rings is 1. The van der Waals surface area contributed by atoms with E-state index in [1.807, 2.05) is 30.0 Å². The fraction of sp³-hybridized carbons (Fsp3) is 0.500. The summed E-state index contributed by atoms with van der Waals surface area (Å²) in [6.45, 7) is 2.14. The van der Waals surface area contributed by atoms with Crippen LogP contribution in [0.2, 0.25) is 10.0 Å². The van der Waals surface area contributed by atoms with Crippen molar-refractivity contribution >= 4 is 35.0 Å². The molecular formula is C12H15Cl2NS. The predicted molar refractivity (Wildman–Crippen MR) is 73.7 cm³/mol. The first kappa shape index (κ1) is 12.6. The molecule has 1 aliphatic heterocycles. The van der Waals surface area contributed by atoms with Crippen molar-refractivity contribution in [2.45, 2.75) is 25.4 Å². The maximum atomic E-state index is 6.17. The maximum absolute atomic E-state index is 6.17. The quantitative estimate of drug-likeness (QED) is 0.890. The number of thioether (sulfide) groups is 1. The Hall–Kier alpha value is 0.110. The monoisotopic (exact) mass is 275 g/mol. The van der Waals surface area contributed by atoms with Crippen LogP contribution in [0.3, 0.4) is 0 Å². The van der Waals surface area contributed by atoms with Gasteiger partial charge in [-0.25, -0.2) is 0 Å². The highest BCUT2D eigenvalue weighted by atomic mass is 35.5. The third-order valence-electron chi connectivity index (χ3n) is 2.84. The van der Waals surface area contributed by atoms with Gasteiger partial charge in [0, 0.05) is 27.9 Å². The largest absolute Gasteiger partial charge is 0.307 e. The Kier molecular flexibility index (Phi) is 4.42. The Balaban J connectivity index is 2.07. The summed E-state index contributed by atoms with van der Waals surface area (Å²) < 4.78 is 0. The summed E-state index contributed by atoms with van der Waals surface area (Å²) in [5.41, 5.74) is 1.09. The molecule has 4 heteroatoms. The molecule has 1 nitrogen and oxygen atoms in total. The Morgan fingerprint density at radius 1 is 1.44 bits per heavy atom. The van der Waals surface area contributed by atoms with Gasteiger partial charge in [-0.15, -0.1) is 0 Å². The van der Waals surface area contributed by atoms with E-state index < -0.39 is 0 Å². The maximum Gasteiger partial charge on any atom is 0.0454 e. The molecule has 88 valence electrons. The van der Waals surface area contributed by atoms with Gasteiger partial charge in [0.15, 0.2) is 0 Å². The van der Waals surface area contributed by atoms with E-state index in [2.05, 4.69) is 12.2 Å². The minimum Gasteiger partial charge on any atom is -0.307 e. The molecule has 1 heterocycles. The van der Waals surface area contributed by atoms with E-state index in [1.54, 1.807) is 0 Å². The van der Waals surface area contributed by atoms with E-state index in [4.69, 9.17) is 23.2 Å². The first-order valence-electron chi connectivity index (χ1n) is 5.45. The van der Waals surface area contributed by atoms with Crippen LogP contribution in [0, 0.1) is 0 Å². The summed E-state index contributed by atoms with van der Waals surface area (Å²) in [6.07, 6.45) is 1.24. The molecule has 1 aromatic carbocycles. The van der Waals surface area contributed by atoms with E-state index in [-0.39, 0.29) is 6.04 Å². The van der Waals surface area contributed by atoms with Gasteiger partial charge in [0.2, 0.25) is 0 Å². The van der Waals surface area contributed by atoms with Gasteiger partial charge < -0.3 is 5.32 Å². The Bertz CT molecular complexity index is 364. The van der Waals surface area contributed by atoms with Crippen molar-refractivity contribution in [2.75, 3.05) is 11.5 Å². The van der Waals surface area contributed by atoms with Gasteiger partial charge in [0.1, 0.15) is 0 Å². The zero-order valence-corrected chi connectivity index (χ0v) is 11.5. The topological polar surface area (TPSA) is 12.0 Å². The van der Waals surface area contributed by atoms with Gasteiger partial charge in [0.25, 0.3) is 0 Å². The van der Waals surface area contributed by atoms with E-state index in [0.717, 1.165) is 15.6 Å². The average molecular weight is 276 g/mol. The highest BCUT2D eigenvalue weighted by Crippen LogP contribution is 2.28. The molecule has 2 unspecified atom stereocenters. The molecule has 16 heavy (non-hydrogen) atoms. The molecule has 0 amide bonds. The number of hydrogen-bond acceptors (Lipinski definition) is 2. The lowest BCUT2D eigenvalue weighted by Crippen LogP contribution is -2.31. The van der Waals surface area contributed by atoms with Crippen LogP contribution in [0.15, 0.2) is 18.2 Å². The minimum atomic E-state index is 0.259. The first-order valence-corrected chi connectivity index (χ1v) is 7.36. The van der Waals surface area contributed by atoms with Crippen LogP contribution < -0.4 is 5.32 Å². The minimum absolute atomic E-state index is 0.259. The molecule has 2 rings (SSSR count). The van der Waals surface area contributed by atoms with Gasteiger partial charge in [-0.2, -0.15) is 11.8 Å². The zero-order valence-electron chi connectivity index (χ0n) is 9.17. The molecule has 0 saturated carbocycles. The van der Waals surface area contributed by atoms with Crippen molar-refractivity contribution in [1.82, 2.24) is 5.32 Å². The van der Waals surface area contributed by atoms with Crippen molar-refractivity contribution in [3.05, 3.63) is 33.8 Å². The molecular weight excluding hydrogens is 261 g/mol. The molecule has 0 spiro atoms. The number of halogens is 2. The second-order valence-corrected chi connectivity index (χ2v) is 6.11. The van der Waals surface area contributed by atoms with Crippen molar-refractivity contribution < 1.29 is 0 Å². The van der Waals surface area contributed by atoms with Crippen molar-refractivity contribution in [3.63, 3.8) is 0 Å². The summed E-state index contributed by atoms with van der Waals surface area (Å²) in [5, 5.41) is 5.13. The van der Waals surface area contributed by atoms with Gasteiger partial charge in [-0.05, 0) is 42.9 Å². The number of hydrogen-bond donors (Lipinski definition) is 1. The number of rotatable bonds is 3. The normalized spacial score (nSPS) is 22.3. The van der Waals surface area contributed by atoms with Crippen LogP contribution in [0.1, 0.15) is 24.9 Å². The van der Waals surface area contributed by atoms with E-state index in [9.17, 15) is 0 Å². The van der Waals surface area contributed by atoms with Crippen molar-refractivity contribution in [2.24, 2.45) is 0 Å². The summed E-state index contributed by atoms with van der Waals surface area (Å²) in [5.74, 6) is 2.45. The first-order chi connectivity index (χ1) is 7.66. The van der Waals surface area contributed by atoms with Gasteiger partial charge in [0.05, 0.1) is 0 Å². The van der Waals surface area contributed by atoms with Crippen LogP contribution in [0.25, 0.3) is 0 Å². The van der Waals surface area contributed by atoms with E-state index in [0.29, 0.717) is 6.04 Å². The fourth-order valence-electron chi connectivity index (χ4n) is 1.96. The van der Waals surface area contributed by atoms with Crippen LogP contribution in [0.4, 0.5) is 0 Å². The summed E-state index contributed by atoms with van der Waals surface area (Å²) in [6, 6.07) is 6.50. The molecule has 0 radical (unpaired) electrons. The van der Waals surface area contributed by atoms with Gasteiger partial charge >= 0.3 is 0 Å². The van der Waals surface area contributed by atoms with E-state index >= 15 is 0 Å². The molecule has 1 N–H and O–H groups in total. The Labute approximate surface area is 111 Å². The molecule has 1 saturated heterocycles. The summed E-state index contributed by atoms with van der Waals surface area (Å²) in [4.78, 5) is 0. The predicted octanol–water partition coefficient (Wildman–Crippen LogP) is 4.15. The van der Waals surface area contributed by atoms with E-state index in [1.165, 1.54) is 17.9 Å². The van der Waals surface area contributed by atoms with Crippen molar-refractivity contribution in [1.29, 1.82) is 0 Å². The van der Waals surface area contributed by atoms with Crippen LogP contribution in [0.5, 0.6) is 0 Å². The van der Waals surface area contributed by atoms with Crippen LogP contribution >= 0.6 is 35.0 Å². The molecule has 1 aliphatic rings. The lowest BCUT2D eigenvalue weighted by molar-refractivity contribution is 0.486. The second kappa shape index (κ2) is 5.63. The third-order valence-corrected chi connectivity index (χ3v) is 4.58. The van der Waals surface area contributed by atoms with Crippen molar-refractivity contribution in [3.8, 4) is 0 Å². The molecule has 1 fully saturated rings. The Morgan fingerprint density at radius 3 is 2.94 bits per heavy atom. The third kappa shape index (κ3) is 3.07. The zero-order chi connectivity index (χ0) is 11.5. The van der Waals surface area contributed by atoms with Crippen LogP contribution in [-0.4, -0.2) is 17.5 Å². The lowest BCUT2D eigenvalue weighted by atomic mass is 10.1. The average Bonchev–Trinajstić information content (AvgIpc) is 2.74. The highest BCUT2D eigenvalue weighted by molar-refractivity contribution is 7.99. The molecule has 2 atom stereocenters. The standard InChI is InChI=1S/C12H15Cl2NS/c1-8(15-10-4-5-16-7-10)11-6-9(13)2-3-12(11)14/h2-3,6,8,10,15H,4-5,7H2,1H3.